The van der Waals surface area contributed by atoms with Gasteiger partial charge in [0.1, 0.15) is 29.0 Å². The molecule has 3 aromatic rings. The van der Waals surface area contributed by atoms with Crippen LogP contribution < -0.4 is 9.47 Å². The lowest BCUT2D eigenvalue weighted by Crippen LogP contribution is -2.26. The van der Waals surface area contributed by atoms with Crippen LogP contribution in [0, 0.1) is 0 Å². The molecule has 6 nitrogen and oxygen atoms in total. The number of alkyl halides is 1. The van der Waals surface area contributed by atoms with Crippen LogP contribution in [-0.2, 0) is 11.2 Å². The Balaban J connectivity index is 1.45. The number of benzene rings is 3. The third kappa shape index (κ3) is 7.27. The molecular formula is C34H38FNO5. The molecule has 5 rings (SSSR count). The summed E-state index contributed by atoms with van der Waals surface area (Å²) in [6, 6.07) is 21.1. The van der Waals surface area contributed by atoms with Crippen LogP contribution in [-0.4, -0.2) is 54.2 Å². The number of hydrogen-bond acceptors (Lipinski definition) is 6. The molecule has 0 aromatic heterocycles. The summed E-state index contributed by atoms with van der Waals surface area (Å²) in [5.41, 5.74) is 5.76. The molecule has 1 saturated heterocycles. The highest BCUT2D eigenvalue weighted by Crippen LogP contribution is 2.42. The van der Waals surface area contributed by atoms with Crippen molar-refractivity contribution in [3.05, 3.63) is 89.0 Å². The van der Waals surface area contributed by atoms with Crippen molar-refractivity contribution < 1.29 is 28.5 Å². The molecule has 0 spiro atoms. The van der Waals surface area contributed by atoms with E-state index in [-0.39, 0.29) is 18.5 Å². The van der Waals surface area contributed by atoms with Gasteiger partial charge in [-0.05, 0) is 116 Å². The fourth-order valence-electron chi connectivity index (χ4n) is 5.54. The molecule has 0 radical (unpaired) electrons. The third-order valence-corrected chi connectivity index (χ3v) is 7.39. The summed E-state index contributed by atoms with van der Waals surface area (Å²) in [5, 5.41) is 9.89. The Hall–Kier alpha value is -3.84. The number of ether oxygens (including phenoxy) is 3. The first kappa shape index (κ1) is 28.7. The van der Waals surface area contributed by atoms with Crippen molar-refractivity contribution in [1.29, 1.82) is 0 Å². The summed E-state index contributed by atoms with van der Waals surface area (Å²) in [6.45, 7) is 7.62. The van der Waals surface area contributed by atoms with Gasteiger partial charge in [-0.15, -0.1) is 0 Å². The second-order valence-electron chi connectivity index (χ2n) is 11.7. The number of rotatable bonds is 8. The highest BCUT2D eigenvalue weighted by atomic mass is 19.1. The summed E-state index contributed by atoms with van der Waals surface area (Å²) in [4.78, 5) is 14.7. The number of carbonyl (C=O) groups excluding carboxylic acids is 1. The number of aryl methyl sites for hydroxylation is 1. The standard InChI is InChI=1S/C34H38FNO5/c1-34(2,3)41-33(38)40-28-15-7-24-10-16-30(23-5-11-26(37)12-6-23)32(31(24)21-28)25-8-13-27(14-9-25)39-29-17-20-36(22-29)19-4-18-35/h5-9,11-15,21,29,37H,4,10,16-20,22H2,1-3H3/t29-/m0/s1. The van der Waals surface area contributed by atoms with Gasteiger partial charge in [-0.25, -0.2) is 4.79 Å². The van der Waals surface area contributed by atoms with Crippen LogP contribution in [0.25, 0.3) is 11.1 Å². The van der Waals surface area contributed by atoms with Gasteiger partial charge in [0.05, 0.1) is 6.67 Å². The zero-order chi connectivity index (χ0) is 29.0. The lowest BCUT2D eigenvalue weighted by Gasteiger charge is -2.25. The summed E-state index contributed by atoms with van der Waals surface area (Å²) in [6.07, 6.45) is 2.51. The number of halogens is 1. The molecule has 1 N–H and O–H groups in total. The second-order valence-corrected chi connectivity index (χ2v) is 11.7. The van der Waals surface area contributed by atoms with E-state index in [4.69, 9.17) is 14.2 Å². The summed E-state index contributed by atoms with van der Waals surface area (Å²) >= 11 is 0. The Morgan fingerprint density at radius 2 is 1.68 bits per heavy atom. The zero-order valence-electron chi connectivity index (χ0n) is 24.0. The van der Waals surface area contributed by atoms with E-state index in [0.717, 1.165) is 72.5 Å². The predicted octanol–water partition coefficient (Wildman–Crippen LogP) is 7.42. The zero-order valence-corrected chi connectivity index (χ0v) is 24.0. The van der Waals surface area contributed by atoms with Crippen molar-refractivity contribution in [2.45, 2.75) is 58.2 Å². The third-order valence-electron chi connectivity index (χ3n) is 7.39. The number of hydrogen-bond donors (Lipinski definition) is 1. The van der Waals surface area contributed by atoms with Gasteiger partial charge in [0.15, 0.2) is 0 Å². The SMILES string of the molecule is CC(C)(C)OC(=O)Oc1ccc2c(c1)C(c1ccc(O[C@H]3CCN(CCCF)C3)cc1)=C(c1ccc(O)cc1)CC2. The van der Waals surface area contributed by atoms with Crippen molar-refractivity contribution >= 4 is 17.3 Å². The van der Waals surface area contributed by atoms with Crippen LogP contribution in [0.1, 0.15) is 62.3 Å². The number of allylic oxidation sites excluding steroid dienone is 1. The second kappa shape index (κ2) is 12.4. The quantitative estimate of drug-likeness (QED) is 0.229. The Morgan fingerprint density at radius 1 is 0.976 bits per heavy atom. The molecule has 216 valence electrons. The molecule has 0 unspecified atom stereocenters. The number of likely N-dealkylation sites (tertiary alicyclic amines) is 1. The maximum absolute atomic E-state index is 12.6. The lowest BCUT2D eigenvalue weighted by atomic mass is 9.79. The molecule has 0 bridgehead atoms. The minimum Gasteiger partial charge on any atom is -0.508 e. The number of carbonyl (C=O) groups is 1. The maximum Gasteiger partial charge on any atom is 0.514 e. The van der Waals surface area contributed by atoms with Gasteiger partial charge in [-0.3, -0.25) is 9.29 Å². The fourth-order valence-corrected chi connectivity index (χ4v) is 5.54. The molecule has 1 aliphatic carbocycles. The molecule has 3 aromatic carbocycles. The number of phenolic OH excluding ortho intramolecular Hbond substituents is 1. The number of fused-ring (bicyclic) bond motifs is 1. The van der Waals surface area contributed by atoms with Gasteiger partial charge < -0.3 is 19.3 Å². The van der Waals surface area contributed by atoms with Crippen LogP contribution in [0.3, 0.4) is 0 Å². The first-order valence-corrected chi connectivity index (χ1v) is 14.3. The summed E-state index contributed by atoms with van der Waals surface area (Å²) < 4.78 is 29.8. The van der Waals surface area contributed by atoms with Gasteiger partial charge >= 0.3 is 6.16 Å². The van der Waals surface area contributed by atoms with Crippen molar-refractivity contribution in [3.63, 3.8) is 0 Å². The molecule has 41 heavy (non-hydrogen) atoms. The van der Waals surface area contributed by atoms with E-state index in [1.807, 2.05) is 36.4 Å². The first-order valence-electron chi connectivity index (χ1n) is 14.3. The van der Waals surface area contributed by atoms with E-state index < -0.39 is 11.8 Å². The molecule has 0 saturated carbocycles. The van der Waals surface area contributed by atoms with Crippen molar-refractivity contribution in [3.8, 4) is 17.2 Å². The monoisotopic (exact) mass is 559 g/mol. The van der Waals surface area contributed by atoms with Crippen LogP contribution in [0.4, 0.5) is 9.18 Å². The van der Waals surface area contributed by atoms with E-state index in [0.29, 0.717) is 12.2 Å². The molecule has 0 amide bonds. The van der Waals surface area contributed by atoms with Gasteiger partial charge in [0, 0.05) is 19.6 Å². The molecule has 7 heteroatoms. The molecule has 1 heterocycles. The predicted molar refractivity (Wildman–Crippen MR) is 158 cm³/mol. The maximum atomic E-state index is 12.6. The minimum atomic E-state index is -0.741. The first-order chi connectivity index (χ1) is 19.7. The Labute approximate surface area is 241 Å². The highest BCUT2D eigenvalue weighted by molar-refractivity contribution is 6.01. The topological polar surface area (TPSA) is 68.2 Å². The van der Waals surface area contributed by atoms with Crippen molar-refractivity contribution in [1.82, 2.24) is 4.90 Å². The van der Waals surface area contributed by atoms with E-state index in [2.05, 4.69) is 17.0 Å². The van der Waals surface area contributed by atoms with E-state index in [1.54, 1.807) is 39.0 Å². The van der Waals surface area contributed by atoms with E-state index >= 15 is 0 Å². The largest absolute Gasteiger partial charge is 0.514 e. The normalized spacial score (nSPS) is 17.3. The highest BCUT2D eigenvalue weighted by Gasteiger charge is 2.26. The number of phenols is 1. The van der Waals surface area contributed by atoms with E-state index in [1.165, 1.54) is 5.56 Å². The lowest BCUT2D eigenvalue weighted by molar-refractivity contribution is 0.0206. The molecule has 1 aliphatic heterocycles. The van der Waals surface area contributed by atoms with E-state index in [9.17, 15) is 14.3 Å². The Bertz CT molecular complexity index is 1390. The summed E-state index contributed by atoms with van der Waals surface area (Å²) in [5.74, 6) is 1.44. The van der Waals surface area contributed by atoms with Crippen LogP contribution >= 0.6 is 0 Å². The Morgan fingerprint density at radius 3 is 2.39 bits per heavy atom. The Kier molecular flexibility index (Phi) is 8.64. The molecular weight excluding hydrogens is 521 g/mol. The van der Waals surface area contributed by atoms with Crippen LogP contribution in [0.15, 0.2) is 66.7 Å². The van der Waals surface area contributed by atoms with Crippen LogP contribution in [0.2, 0.25) is 0 Å². The van der Waals surface area contributed by atoms with Crippen molar-refractivity contribution in [2.75, 3.05) is 26.3 Å². The minimum absolute atomic E-state index is 0.0928. The molecule has 2 aliphatic rings. The average molecular weight is 560 g/mol. The number of aromatic hydroxyl groups is 1. The molecule has 1 atom stereocenters. The van der Waals surface area contributed by atoms with Gasteiger partial charge in [0.2, 0.25) is 0 Å². The van der Waals surface area contributed by atoms with Gasteiger partial charge in [-0.2, -0.15) is 0 Å². The fraction of sp³-hybridized carbons (Fsp3) is 0.382. The van der Waals surface area contributed by atoms with Gasteiger partial charge in [0.25, 0.3) is 0 Å². The van der Waals surface area contributed by atoms with Crippen LogP contribution in [0.5, 0.6) is 17.2 Å². The average Bonchev–Trinajstić information content (AvgIpc) is 3.38. The smallest absolute Gasteiger partial charge is 0.508 e. The van der Waals surface area contributed by atoms with Crippen molar-refractivity contribution in [2.24, 2.45) is 0 Å². The van der Waals surface area contributed by atoms with Gasteiger partial charge in [-0.1, -0.05) is 30.3 Å². The number of nitrogens with zero attached hydrogens (tertiary/aromatic N) is 1. The molecule has 1 fully saturated rings. The summed E-state index contributed by atoms with van der Waals surface area (Å²) in [7, 11) is 0.